The van der Waals surface area contributed by atoms with Crippen LogP contribution in [0, 0.1) is 6.92 Å². The van der Waals surface area contributed by atoms with Gasteiger partial charge in [0.2, 0.25) is 5.13 Å². The van der Waals surface area contributed by atoms with Gasteiger partial charge in [-0.3, -0.25) is 5.43 Å². The number of hydrogen-bond acceptors (Lipinski definition) is 6. The molecule has 0 spiro atoms. The number of benzene rings is 1. The van der Waals surface area contributed by atoms with Gasteiger partial charge in [-0.2, -0.15) is 5.10 Å². The molecule has 2 aromatic rings. The Labute approximate surface area is 129 Å². The molecule has 0 fully saturated rings. The lowest BCUT2D eigenvalue weighted by Gasteiger charge is -2.02. The SMILES string of the molecule is Cc1csc(NN=Cc2ccc(S(C)(=O)=O)c(Br)c2)n1. The smallest absolute Gasteiger partial charge is 0.203 e. The van der Waals surface area contributed by atoms with Crippen LogP contribution in [0.2, 0.25) is 0 Å². The zero-order valence-corrected chi connectivity index (χ0v) is 14.0. The van der Waals surface area contributed by atoms with E-state index in [2.05, 4.69) is 31.4 Å². The van der Waals surface area contributed by atoms with Crippen LogP contribution in [-0.2, 0) is 9.84 Å². The summed E-state index contributed by atoms with van der Waals surface area (Å²) in [5.74, 6) is 0. The Morgan fingerprint density at radius 1 is 1.45 bits per heavy atom. The topological polar surface area (TPSA) is 71.4 Å². The molecule has 2 rings (SSSR count). The molecule has 0 saturated carbocycles. The molecule has 1 aromatic heterocycles. The van der Waals surface area contributed by atoms with Gasteiger partial charge in [0, 0.05) is 16.1 Å². The fourth-order valence-corrected chi connectivity index (χ4v) is 4.11. The van der Waals surface area contributed by atoms with Crippen LogP contribution in [0.4, 0.5) is 5.13 Å². The van der Waals surface area contributed by atoms with E-state index < -0.39 is 9.84 Å². The van der Waals surface area contributed by atoms with Gasteiger partial charge in [-0.05, 0) is 40.5 Å². The van der Waals surface area contributed by atoms with E-state index in [1.54, 1.807) is 24.4 Å². The number of halogens is 1. The van der Waals surface area contributed by atoms with Gasteiger partial charge in [-0.25, -0.2) is 13.4 Å². The quantitative estimate of drug-likeness (QED) is 0.660. The molecule has 0 radical (unpaired) electrons. The van der Waals surface area contributed by atoms with Crippen molar-refractivity contribution in [3.8, 4) is 0 Å². The van der Waals surface area contributed by atoms with Crippen molar-refractivity contribution in [3.05, 3.63) is 39.3 Å². The van der Waals surface area contributed by atoms with Gasteiger partial charge in [-0.15, -0.1) is 11.3 Å². The summed E-state index contributed by atoms with van der Waals surface area (Å²) in [4.78, 5) is 4.47. The molecule has 0 bridgehead atoms. The Kier molecular flexibility index (Phi) is 4.56. The lowest BCUT2D eigenvalue weighted by Crippen LogP contribution is -1.99. The number of nitrogens with one attached hydrogen (secondary N) is 1. The van der Waals surface area contributed by atoms with Crippen LogP contribution in [0.5, 0.6) is 0 Å². The number of nitrogens with zero attached hydrogens (tertiary/aromatic N) is 2. The number of thiazole rings is 1. The summed E-state index contributed by atoms with van der Waals surface area (Å²) < 4.78 is 23.5. The van der Waals surface area contributed by atoms with Crippen molar-refractivity contribution in [1.29, 1.82) is 0 Å². The predicted octanol–water partition coefficient (Wildman–Crippen LogP) is 3.06. The molecule has 0 saturated heterocycles. The van der Waals surface area contributed by atoms with E-state index in [0.717, 1.165) is 11.3 Å². The van der Waals surface area contributed by atoms with Crippen molar-refractivity contribution >= 4 is 48.5 Å². The zero-order valence-electron chi connectivity index (χ0n) is 10.8. The third-order valence-electron chi connectivity index (χ3n) is 2.35. The second-order valence-corrected chi connectivity index (χ2v) is 7.82. The van der Waals surface area contributed by atoms with Crippen molar-refractivity contribution in [1.82, 2.24) is 4.98 Å². The third kappa shape index (κ3) is 3.87. The summed E-state index contributed by atoms with van der Waals surface area (Å²) in [6, 6.07) is 4.95. The van der Waals surface area contributed by atoms with Crippen LogP contribution in [0.15, 0.2) is 38.0 Å². The van der Waals surface area contributed by atoms with Gasteiger partial charge in [0.1, 0.15) is 0 Å². The number of rotatable bonds is 4. The van der Waals surface area contributed by atoms with E-state index in [4.69, 9.17) is 0 Å². The first-order valence-electron chi connectivity index (χ1n) is 5.57. The first-order valence-corrected chi connectivity index (χ1v) is 9.13. The monoisotopic (exact) mass is 373 g/mol. The average molecular weight is 374 g/mol. The molecular formula is C12H12BrN3O2S2. The zero-order chi connectivity index (χ0) is 14.8. The van der Waals surface area contributed by atoms with E-state index in [0.29, 0.717) is 9.60 Å². The Morgan fingerprint density at radius 2 is 2.20 bits per heavy atom. The number of aryl methyl sites for hydroxylation is 1. The molecule has 1 N–H and O–H groups in total. The number of hydrazone groups is 1. The Bertz CT molecular complexity index is 754. The Hall–Kier alpha value is -1.25. The van der Waals surface area contributed by atoms with Gasteiger partial charge in [0.15, 0.2) is 9.84 Å². The highest BCUT2D eigenvalue weighted by atomic mass is 79.9. The lowest BCUT2D eigenvalue weighted by molar-refractivity contribution is 0.601. The summed E-state index contributed by atoms with van der Waals surface area (Å²) in [6.45, 7) is 1.91. The minimum atomic E-state index is -3.23. The molecule has 5 nitrogen and oxygen atoms in total. The third-order valence-corrected chi connectivity index (χ3v) is 5.29. The van der Waals surface area contributed by atoms with Gasteiger partial charge in [0.25, 0.3) is 0 Å². The van der Waals surface area contributed by atoms with Crippen molar-refractivity contribution in [2.24, 2.45) is 5.10 Å². The highest BCUT2D eigenvalue weighted by Gasteiger charge is 2.11. The van der Waals surface area contributed by atoms with Gasteiger partial charge in [0.05, 0.1) is 16.8 Å². The molecule has 8 heteroatoms. The van der Waals surface area contributed by atoms with E-state index in [1.807, 2.05) is 12.3 Å². The van der Waals surface area contributed by atoms with Gasteiger partial charge in [-0.1, -0.05) is 6.07 Å². The number of aromatic nitrogens is 1. The Morgan fingerprint density at radius 3 is 2.75 bits per heavy atom. The summed E-state index contributed by atoms with van der Waals surface area (Å²) in [5, 5.41) is 6.70. The first kappa shape index (κ1) is 15.1. The molecule has 0 unspecified atom stereocenters. The van der Waals surface area contributed by atoms with Crippen molar-refractivity contribution in [2.45, 2.75) is 11.8 Å². The maximum atomic E-state index is 11.5. The van der Waals surface area contributed by atoms with Gasteiger partial charge < -0.3 is 0 Å². The second-order valence-electron chi connectivity index (χ2n) is 4.13. The fourth-order valence-electron chi connectivity index (χ4n) is 1.47. The molecule has 20 heavy (non-hydrogen) atoms. The van der Waals surface area contributed by atoms with E-state index >= 15 is 0 Å². The predicted molar refractivity (Wildman–Crippen MR) is 85.3 cm³/mol. The largest absolute Gasteiger partial charge is 0.253 e. The normalized spacial score (nSPS) is 11.9. The number of sulfone groups is 1. The highest BCUT2D eigenvalue weighted by molar-refractivity contribution is 9.10. The summed E-state index contributed by atoms with van der Waals surface area (Å²) in [6.07, 6.45) is 2.78. The minimum Gasteiger partial charge on any atom is -0.253 e. The molecular weight excluding hydrogens is 362 g/mol. The maximum absolute atomic E-state index is 11.5. The van der Waals surface area contributed by atoms with Crippen molar-refractivity contribution < 1.29 is 8.42 Å². The van der Waals surface area contributed by atoms with Crippen LogP contribution in [-0.4, -0.2) is 25.9 Å². The number of hydrogen-bond donors (Lipinski definition) is 1. The molecule has 0 atom stereocenters. The van der Waals surface area contributed by atoms with E-state index in [1.165, 1.54) is 17.6 Å². The van der Waals surface area contributed by atoms with Gasteiger partial charge >= 0.3 is 0 Å². The maximum Gasteiger partial charge on any atom is 0.203 e. The van der Waals surface area contributed by atoms with Crippen LogP contribution in [0.1, 0.15) is 11.3 Å². The molecule has 106 valence electrons. The van der Waals surface area contributed by atoms with Crippen LogP contribution >= 0.6 is 27.3 Å². The first-order chi connectivity index (χ1) is 9.36. The summed E-state index contributed by atoms with van der Waals surface area (Å²) in [5.41, 5.74) is 4.54. The Balaban J connectivity index is 2.13. The minimum absolute atomic E-state index is 0.262. The van der Waals surface area contributed by atoms with Crippen molar-refractivity contribution in [2.75, 3.05) is 11.7 Å². The summed E-state index contributed by atoms with van der Waals surface area (Å²) >= 11 is 4.72. The molecule has 0 aliphatic rings. The summed E-state index contributed by atoms with van der Waals surface area (Å²) in [7, 11) is -3.23. The van der Waals surface area contributed by atoms with E-state index in [-0.39, 0.29) is 4.90 Å². The van der Waals surface area contributed by atoms with E-state index in [9.17, 15) is 8.42 Å². The van der Waals surface area contributed by atoms with Crippen molar-refractivity contribution in [3.63, 3.8) is 0 Å². The fraction of sp³-hybridized carbons (Fsp3) is 0.167. The highest BCUT2D eigenvalue weighted by Crippen LogP contribution is 2.22. The molecule has 0 aliphatic carbocycles. The standard InChI is InChI=1S/C12H12BrN3O2S2/c1-8-7-19-12(15-8)16-14-6-9-3-4-11(10(13)5-9)20(2,17)18/h3-7H,1-2H3,(H,15,16). The van der Waals surface area contributed by atoms with Crippen LogP contribution in [0.25, 0.3) is 0 Å². The molecule has 0 aliphatic heterocycles. The average Bonchev–Trinajstić information content (AvgIpc) is 2.73. The van der Waals surface area contributed by atoms with Crippen LogP contribution < -0.4 is 5.43 Å². The molecule has 1 aromatic carbocycles. The number of anilines is 1. The van der Waals surface area contributed by atoms with Crippen LogP contribution in [0.3, 0.4) is 0 Å². The lowest BCUT2D eigenvalue weighted by atomic mass is 10.2. The molecule has 1 heterocycles. The molecule has 0 amide bonds. The second kappa shape index (κ2) is 6.02.